The van der Waals surface area contributed by atoms with Crippen molar-refractivity contribution in [2.45, 2.75) is 159 Å². The van der Waals surface area contributed by atoms with E-state index in [1.807, 2.05) is 6.92 Å². The van der Waals surface area contributed by atoms with Crippen LogP contribution in [0.15, 0.2) is 0 Å². The van der Waals surface area contributed by atoms with Gasteiger partial charge in [-0.15, -0.1) is 0 Å². The fraction of sp³-hybridized carbons (Fsp3) is 0.900. The monoisotopic (exact) mass is 652 g/mol. The zero-order chi connectivity index (χ0) is 28.8. The maximum Gasteiger partial charge on any atom is 3.00 e. The molecule has 0 fully saturated rings. The van der Waals surface area contributed by atoms with Crippen LogP contribution in [0.5, 0.6) is 0 Å². The van der Waals surface area contributed by atoms with Gasteiger partial charge in [-0.25, -0.2) is 0 Å². The van der Waals surface area contributed by atoms with Crippen molar-refractivity contribution in [2.75, 3.05) is 0 Å². The Morgan fingerprint density at radius 3 is 1.03 bits per heavy atom. The maximum atomic E-state index is 10.7. The molecule has 6 nitrogen and oxygen atoms in total. The van der Waals surface area contributed by atoms with E-state index in [-0.39, 0.29) is 35.6 Å². The predicted octanol–water partition coefficient (Wildman–Crippen LogP) is 5.20. The van der Waals surface area contributed by atoms with Gasteiger partial charge in [-0.2, -0.15) is 0 Å². The molecule has 0 saturated heterocycles. The second-order valence-corrected chi connectivity index (χ2v) is 11.6. The van der Waals surface area contributed by atoms with E-state index in [4.69, 9.17) is 0 Å². The van der Waals surface area contributed by atoms with Crippen molar-refractivity contribution >= 4 is 17.9 Å². The van der Waals surface area contributed by atoms with E-state index < -0.39 is 34.2 Å². The van der Waals surface area contributed by atoms with E-state index in [1.54, 1.807) is 34.6 Å². The van der Waals surface area contributed by atoms with Crippen molar-refractivity contribution in [3.05, 3.63) is 0 Å². The Morgan fingerprint density at radius 1 is 0.486 bits per heavy atom. The summed E-state index contributed by atoms with van der Waals surface area (Å²) in [6.07, 6.45) is 15.1. The molecular weight excluding hydrogens is 595 g/mol. The molecule has 0 amide bonds. The van der Waals surface area contributed by atoms with Crippen molar-refractivity contribution in [1.29, 1.82) is 0 Å². The molecule has 0 aromatic rings. The first-order chi connectivity index (χ1) is 16.6. The average molecular weight is 653 g/mol. The molecule has 0 aromatic carbocycles. The molecule has 0 aliphatic carbocycles. The van der Waals surface area contributed by atoms with Crippen molar-refractivity contribution in [3.63, 3.8) is 0 Å². The van der Waals surface area contributed by atoms with Gasteiger partial charge in [0.05, 0.1) is 0 Å². The van der Waals surface area contributed by atoms with Crippen molar-refractivity contribution in [3.8, 4) is 0 Å². The van der Waals surface area contributed by atoms with Crippen LogP contribution in [-0.2, 0) is 14.4 Å². The summed E-state index contributed by atoms with van der Waals surface area (Å²) in [7, 11) is 0. The second-order valence-electron chi connectivity index (χ2n) is 11.6. The number of aliphatic carboxylic acids is 3. The smallest absolute Gasteiger partial charge is 0.550 e. The third-order valence-corrected chi connectivity index (χ3v) is 7.02. The number of hydrogen-bond donors (Lipinski definition) is 0. The van der Waals surface area contributed by atoms with Gasteiger partial charge in [0.15, 0.2) is 0 Å². The van der Waals surface area contributed by atoms with Crippen molar-refractivity contribution < 1.29 is 65.3 Å². The Balaban J connectivity index is -0.000000218. The Kier molecular flexibility index (Phi) is 29.1. The summed E-state index contributed by atoms with van der Waals surface area (Å²) in [6.45, 7) is 17.0. The van der Waals surface area contributed by atoms with E-state index >= 15 is 0 Å². The van der Waals surface area contributed by atoms with Gasteiger partial charge in [0, 0.05) is 34.2 Å². The number of unbranched alkanes of at least 4 members (excludes halogenated alkanes) is 8. The first-order valence-corrected chi connectivity index (χ1v) is 14.2. The molecule has 0 aliphatic heterocycles. The molecule has 0 aromatic heterocycles. The Labute approximate surface area is 256 Å². The Hall–Kier alpha value is -0.395. The van der Waals surface area contributed by atoms with Gasteiger partial charge in [0.1, 0.15) is 0 Å². The van der Waals surface area contributed by atoms with Crippen LogP contribution in [0, 0.1) is 51.8 Å². The quantitative estimate of drug-likeness (QED) is 0.188. The topological polar surface area (TPSA) is 120 Å². The van der Waals surface area contributed by atoms with Gasteiger partial charge in [0.25, 0.3) is 0 Å². The fourth-order valence-electron chi connectivity index (χ4n) is 3.38. The maximum absolute atomic E-state index is 10.7. The Morgan fingerprint density at radius 2 is 0.784 bits per heavy atom. The summed E-state index contributed by atoms with van der Waals surface area (Å²) in [6, 6.07) is 0. The van der Waals surface area contributed by atoms with Crippen LogP contribution < -0.4 is 15.3 Å². The molecule has 0 saturated carbocycles. The van der Waals surface area contributed by atoms with Gasteiger partial charge < -0.3 is 29.7 Å². The Bertz CT molecular complexity index is 555. The number of carboxylic acids is 3. The summed E-state index contributed by atoms with van der Waals surface area (Å²) in [5.74, 6) is -2.76. The van der Waals surface area contributed by atoms with Gasteiger partial charge in [0.2, 0.25) is 0 Å². The zero-order valence-corrected chi connectivity index (χ0v) is 29.3. The molecule has 0 heterocycles. The number of carbonyl (C=O) groups is 3. The molecular formula is C30H57LaO6. The minimum atomic E-state index is -0.931. The molecule has 216 valence electrons. The van der Waals surface area contributed by atoms with E-state index in [0.717, 1.165) is 64.2 Å². The molecule has 0 aliphatic rings. The van der Waals surface area contributed by atoms with Gasteiger partial charge >= 0.3 is 35.6 Å². The first-order valence-electron chi connectivity index (χ1n) is 14.2. The number of carboxylic acid groups (broad SMARTS) is 3. The van der Waals surface area contributed by atoms with Crippen LogP contribution in [-0.4, -0.2) is 17.9 Å². The zero-order valence-electron chi connectivity index (χ0n) is 25.6. The van der Waals surface area contributed by atoms with Gasteiger partial charge in [-0.1, -0.05) is 133 Å². The minimum Gasteiger partial charge on any atom is -0.550 e. The van der Waals surface area contributed by atoms with Crippen LogP contribution in [0.1, 0.15) is 159 Å². The summed E-state index contributed by atoms with van der Waals surface area (Å²) in [4.78, 5) is 31.9. The number of carbonyl (C=O) groups excluding carboxylic acids is 3. The van der Waals surface area contributed by atoms with Gasteiger partial charge in [-0.3, -0.25) is 0 Å². The normalized spacial score (nSPS) is 12.6. The molecule has 7 heteroatoms. The van der Waals surface area contributed by atoms with Crippen LogP contribution >= 0.6 is 0 Å². The molecule has 1 atom stereocenters. The van der Waals surface area contributed by atoms with Gasteiger partial charge in [-0.05, 0) is 25.7 Å². The number of rotatable bonds is 18. The average Bonchev–Trinajstić information content (AvgIpc) is 2.80. The third-order valence-electron chi connectivity index (χ3n) is 7.02. The molecule has 0 spiro atoms. The summed E-state index contributed by atoms with van der Waals surface area (Å²) in [5, 5.41) is 31.9. The largest absolute Gasteiger partial charge is 3.00 e. The van der Waals surface area contributed by atoms with Crippen LogP contribution in [0.2, 0.25) is 0 Å². The van der Waals surface area contributed by atoms with E-state index in [9.17, 15) is 29.7 Å². The predicted molar refractivity (Wildman–Crippen MR) is 143 cm³/mol. The molecule has 0 bridgehead atoms. The SMILES string of the molecule is CCCCCC(C)(CC)C(=O)[O-].CCCCCCC(C)(C)C(=O)[O-].CCCCCCC(C)(C)C(=O)[O-].[La+3]. The summed E-state index contributed by atoms with van der Waals surface area (Å²) < 4.78 is 0. The standard InChI is InChI=1S/3C10H20O2.La/c2*1-4-5-6-7-8-10(2,3)9(11)12;1-4-6-7-8-10(3,5-2)9(11)12;/h3*4-8H2,1-3H3,(H,11,12);/q;;;+3/p-3. The van der Waals surface area contributed by atoms with E-state index in [1.165, 1.54) is 25.7 Å². The molecule has 0 N–H and O–H groups in total. The second kappa shape index (κ2) is 24.6. The molecule has 37 heavy (non-hydrogen) atoms. The van der Waals surface area contributed by atoms with Crippen LogP contribution in [0.25, 0.3) is 0 Å². The van der Waals surface area contributed by atoms with Crippen LogP contribution in [0.3, 0.4) is 0 Å². The van der Waals surface area contributed by atoms with Crippen molar-refractivity contribution in [1.82, 2.24) is 0 Å². The first kappa shape index (κ1) is 43.7. The molecule has 0 rings (SSSR count). The minimum absolute atomic E-state index is 0. The third kappa shape index (κ3) is 24.4. The summed E-state index contributed by atoms with van der Waals surface area (Å²) >= 11 is 0. The fourth-order valence-corrected chi connectivity index (χ4v) is 3.38. The summed E-state index contributed by atoms with van der Waals surface area (Å²) in [5.41, 5.74) is -1.89. The van der Waals surface area contributed by atoms with Crippen molar-refractivity contribution in [2.24, 2.45) is 16.2 Å². The number of hydrogen-bond acceptors (Lipinski definition) is 6. The molecule has 0 radical (unpaired) electrons. The van der Waals surface area contributed by atoms with E-state index in [2.05, 4.69) is 20.8 Å². The van der Waals surface area contributed by atoms with E-state index in [0.29, 0.717) is 6.42 Å². The van der Waals surface area contributed by atoms with Crippen LogP contribution in [0.4, 0.5) is 0 Å². The molecule has 1 unspecified atom stereocenters.